The highest BCUT2D eigenvalue weighted by molar-refractivity contribution is 6.19. The summed E-state index contributed by atoms with van der Waals surface area (Å²) in [6.45, 7) is 4.26. The second-order valence-corrected chi connectivity index (χ2v) is 11.6. The number of aromatic nitrogens is 1. The molecular formula is C42H37N3. The summed E-state index contributed by atoms with van der Waals surface area (Å²) >= 11 is 0. The van der Waals surface area contributed by atoms with Crippen LogP contribution in [0, 0.1) is 0 Å². The Bertz CT molecular complexity index is 2190. The molecule has 2 heterocycles. The average molecular weight is 584 g/mol. The molecule has 220 valence electrons. The molecule has 1 unspecified atom stereocenters. The number of hydrogen-bond donors (Lipinski definition) is 2. The Morgan fingerprint density at radius 3 is 2.44 bits per heavy atom. The standard InChI is InChI=1S/C42H37N3/c1-3-29(2)31-12-10-13-32(26-31)33-19-22-37-34(27-33)20-23-39-38-21-18-30(11-9-14-35(28-43)40-17-7-8-24-44-40)25-41(38)45(42(37)39)36-15-5-4-6-16-36/h3-10,12-28,40,44H,11,43H2,1-2H3/b14-9-,29-3+,35-28+. The number of allylic oxidation sites excluding steroid dienone is 5. The molecule has 5 aromatic carbocycles. The minimum Gasteiger partial charge on any atom is -0.404 e. The first-order valence-corrected chi connectivity index (χ1v) is 15.6. The highest BCUT2D eigenvalue weighted by atomic mass is 15.0. The van der Waals surface area contributed by atoms with Crippen molar-refractivity contribution in [2.24, 2.45) is 5.73 Å². The molecule has 0 fully saturated rings. The number of fused-ring (bicyclic) bond motifs is 5. The van der Waals surface area contributed by atoms with Gasteiger partial charge in [-0.2, -0.15) is 0 Å². The van der Waals surface area contributed by atoms with E-state index in [2.05, 4.69) is 151 Å². The summed E-state index contributed by atoms with van der Waals surface area (Å²) in [6.07, 6.45) is 17.1. The number of benzene rings is 5. The van der Waals surface area contributed by atoms with Gasteiger partial charge in [-0.25, -0.2) is 0 Å². The first kappa shape index (κ1) is 28.2. The Morgan fingerprint density at radius 1 is 0.822 bits per heavy atom. The summed E-state index contributed by atoms with van der Waals surface area (Å²) in [7, 11) is 0. The summed E-state index contributed by atoms with van der Waals surface area (Å²) in [4.78, 5) is 0. The highest BCUT2D eigenvalue weighted by Gasteiger charge is 2.16. The van der Waals surface area contributed by atoms with Crippen molar-refractivity contribution in [1.82, 2.24) is 9.88 Å². The number of nitrogens with one attached hydrogen (secondary N) is 1. The van der Waals surface area contributed by atoms with Crippen molar-refractivity contribution in [3.8, 4) is 16.8 Å². The summed E-state index contributed by atoms with van der Waals surface area (Å²) < 4.78 is 2.43. The van der Waals surface area contributed by atoms with Gasteiger partial charge in [0.25, 0.3) is 0 Å². The van der Waals surface area contributed by atoms with E-state index in [-0.39, 0.29) is 6.04 Å². The lowest BCUT2D eigenvalue weighted by atomic mass is 9.96. The van der Waals surface area contributed by atoms with Crippen LogP contribution < -0.4 is 11.1 Å². The van der Waals surface area contributed by atoms with Gasteiger partial charge in [-0.15, -0.1) is 0 Å². The lowest BCUT2D eigenvalue weighted by molar-refractivity contribution is 0.798. The fourth-order valence-electron chi connectivity index (χ4n) is 6.39. The maximum Gasteiger partial charge on any atom is 0.0709 e. The number of rotatable bonds is 7. The number of nitrogens with zero attached hydrogens (tertiary/aromatic N) is 1. The van der Waals surface area contributed by atoms with E-state index >= 15 is 0 Å². The Morgan fingerprint density at radius 2 is 1.64 bits per heavy atom. The largest absolute Gasteiger partial charge is 0.404 e. The van der Waals surface area contributed by atoms with E-state index in [0.717, 1.165) is 17.7 Å². The van der Waals surface area contributed by atoms with Crippen molar-refractivity contribution in [2.75, 3.05) is 0 Å². The zero-order valence-electron chi connectivity index (χ0n) is 25.7. The van der Waals surface area contributed by atoms with Gasteiger partial charge in [-0.1, -0.05) is 103 Å². The third kappa shape index (κ3) is 5.38. The maximum atomic E-state index is 5.98. The Labute approximate surface area is 265 Å². The zero-order chi connectivity index (χ0) is 30.8. The van der Waals surface area contributed by atoms with Gasteiger partial charge in [0, 0.05) is 21.8 Å². The Hall–Kier alpha value is -5.54. The molecule has 6 aromatic rings. The molecule has 1 aromatic heterocycles. The molecule has 3 N–H and O–H groups in total. The van der Waals surface area contributed by atoms with Crippen LogP contribution in [0.3, 0.4) is 0 Å². The number of dihydropyridines is 1. The van der Waals surface area contributed by atoms with Gasteiger partial charge in [0.1, 0.15) is 0 Å². The molecule has 0 saturated carbocycles. The second kappa shape index (κ2) is 12.2. The molecule has 7 rings (SSSR count). The normalized spacial score (nSPS) is 15.5. The van der Waals surface area contributed by atoms with Gasteiger partial charge in [0.05, 0.1) is 17.1 Å². The predicted octanol–water partition coefficient (Wildman–Crippen LogP) is 10.0. The van der Waals surface area contributed by atoms with Gasteiger partial charge in [-0.05, 0) is 108 Å². The first-order valence-electron chi connectivity index (χ1n) is 15.6. The van der Waals surface area contributed by atoms with Crippen molar-refractivity contribution in [2.45, 2.75) is 26.3 Å². The summed E-state index contributed by atoms with van der Waals surface area (Å²) in [5.41, 5.74) is 16.9. The third-order valence-corrected chi connectivity index (χ3v) is 8.91. The molecule has 3 heteroatoms. The van der Waals surface area contributed by atoms with Crippen molar-refractivity contribution in [1.29, 1.82) is 0 Å². The lowest BCUT2D eigenvalue weighted by Gasteiger charge is -2.16. The summed E-state index contributed by atoms with van der Waals surface area (Å²) in [6, 6.07) is 38.0. The van der Waals surface area contributed by atoms with Crippen molar-refractivity contribution in [3.05, 3.63) is 169 Å². The van der Waals surface area contributed by atoms with Gasteiger partial charge in [0.2, 0.25) is 0 Å². The summed E-state index contributed by atoms with van der Waals surface area (Å²) in [5, 5.41) is 8.35. The molecule has 0 amide bonds. The van der Waals surface area contributed by atoms with Gasteiger partial charge < -0.3 is 15.6 Å². The minimum atomic E-state index is 0.0920. The van der Waals surface area contributed by atoms with Crippen molar-refractivity contribution >= 4 is 38.2 Å². The molecule has 1 aliphatic rings. The molecule has 45 heavy (non-hydrogen) atoms. The molecule has 0 saturated heterocycles. The Kier molecular flexibility index (Phi) is 7.67. The average Bonchev–Trinajstić information content (AvgIpc) is 3.44. The molecular weight excluding hydrogens is 546 g/mol. The van der Waals surface area contributed by atoms with Crippen LogP contribution in [0.2, 0.25) is 0 Å². The van der Waals surface area contributed by atoms with E-state index in [0.29, 0.717) is 0 Å². The van der Waals surface area contributed by atoms with Crippen LogP contribution >= 0.6 is 0 Å². The van der Waals surface area contributed by atoms with Crippen molar-refractivity contribution in [3.63, 3.8) is 0 Å². The highest BCUT2D eigenvalue weighted by Crippen LogP contribution is 2.38. The van der Waals surface area contributed by atoms with E-state index in [9.17, 15) is 0 Å². The molecule has 0 aliphatic carbocycles. The molecule has 0 radical (unpaired) electrons. The van der Waals surface area contributed by atoms with E-state index < -0.39 is 0 Å². The quantitative estimate of drug-likeness (QED) is 0.184. The van der Waals surface area contributed by atoms with Crippen LogP contribution in [0.25, 0.3) is 55.0 Å². The summed E-state index contributed by atoms with van der Waals surface area (Å²) in [5.74, 6) is 0. The number of para-hydroxylation sites is 1. The van der Waals surface area contributed by atoms with Gasteiger partial charge in [-0.3, -0.25) is 0 Å². The molecule has 1 aliphatic heterocycles. The van der Waals surface area contributed by atoms with Crippen LogP contribution in [0.5, 0.6) is 0 Å². The van der Waals surface area contributed by atoms with Gasteiger partial charge in [0.15, 0.2) is 0 Å². The van der Waals surface area contributed by atoms with Crippen LogP contribution in [-0.4, -0.2) is 10.6 Å². The Balaban J connectivity index is 1.33. The number of nitrogens with two attached hydrogens (primary N) is 1. The van der Waals surface area contributed by atoms with E-state index in [1.54, 1.807) is 6.20 Å². The maximum absolute atomic E-state index is 5.98. The first-order chi connectivity index (χ1) is 22.1. The van der Waals surface area contributed by atoms with E-state index in [1.807, 2.05) is 18.4 Å². The van der Waals surface area contributed by atoms with E-state index in [4.69, 9.17) is 5.73 Å². The molecule has 0 bridgehead atoms. The fourth-order valence-corrected chi connectivity index (χ4v) is 6.39. The topological polar surface area (TPSA) is 43.0 Å². The molecule has 3 nitrogen and oxygen atoms in total. The minimum absolute atomic E-state index is 0.0920. The van der Waals surface area contributed by atoms with Crippen LogP contribution in [-0.2, 0) is 6.42 Å². The predicted molar refractivity (Wildman–Crippen MR) is 193 cm³/mol. The van der Waals surface area contributed by atoms with E-state index in [1.165, 1.54) is 60.4 Å². The lowest BCUT2D eigenvalue weighted by Crippen LogP contribution is -2.25. The fraction of sp³-hybridized carbons (Fsp3) is 0.0952. The second-order valence-electron chi connectivity index (χ2n) is 11.6. The number of hydrogen-bond acceptors (Lipinski definition) is 2. The molecule has 0 spiro atoms. The van der Waals surface area contributed by atoms with Crippen molar-refractivity contribution < 1.29 is 0 Å². The monoisotopic (exact) mass is 583 g/mol. The smallest absolute Gasteiger partial charge is 0.0709 e. The van der Waals surface area contributed by atoms with Crippen LogP contribution in [0.4, 0.5) is 0 Å². The van der Waals surface area contributed by atoms with Crippen LogP contribution in [0.1, 0.15) is 25.0 Å². The SMILES string of the molecule is C/C=C(\C)c1cccc(-c2ccc3c(ccc4c5ccc(C/C=C\C(=C/N)C6C=CC=CN6)cc5n(-c5ccccc5)c34)c2)c1. The third-order valence-electron chi connectivity index (χ3n) is 8.91. The van der Waals surface area contributed by atoms with Crippen LogP contribution in [0.15, 0.2) is 158 Å². The van der Waals surface area contributed by atoms with Gasteiger partial charge >= 0.3 is 0 Å². The zero-order valence-corrected chi connectivity index (χ0v) is 25.7. The molecule has 1 atom stereocenters.